The van der Waals surface area contributed by atoms with Gasteiger partial charge in [-0.3, -0.25) is 9.59 Å². The molecule has 0 radical (unpaired) electrons. The Hall–Kier alpha value is -3.39. The van der Waals surface area contributed by atoms with E-state index in [1.807, 2.05) is 32.0 Å². The van der Waals surface area contributed by atoms with Crippen LogP contribution >= 0.6 is 11.6 Å². The van der Waals surface area contributed by atoms with Crippen molar-refractivity contribution in [1.82, 2.24) is 5.43 Å². The minimum atomic E-state index is -1.39. The van der Waals surface area contributed by atoms with Crippen molar-refractivity contribution in [1.29, 1.82) is 0 Å². The number of carboxylic acids is 1. The smallest absolute Gasteiger partial charge is 0.329 e. The van der Waals surface area contributed by atoms with Gasteiger partial charge in [0.1, 0.15) is 12.4 Å². The highest BCUT2D eigenvalue weighted by atomic mass is 35.5. The third-order valence-corrected chi connectivity index (χ3v) is 3.85. The zero-order valence-electron chi connectivity index (χ0n) is 15.1. The number of aryl methyl sites for hydroxylation is 2. The quantitative estimate of drug-likeness (QED) is 0.427. The van der Waals surface area contributed by atoms with Crippen molar-refractivity contribution in [3.8, 4) is 5.75 Å². The number of amides is 2. The zero-order chi connectivity index (χ0) is 20.7. The Balaban J connectivity index is 2.04. The van der Waals surface area contributed by atoms with Crippen molar-refractivity contribution < 1.29 is 24.2 Å². The van der Waals surface area contributed by atoms with Gasteiger partial charge in [0.05, 0.1) is 12.2 Å². The lowest BCUT2D eigenvalue weighted by atomic mass is 10.1. The van der Waals surface area contributed by atoms with E-state index in [-0.39, 0.29) is 5.75 Å². The molecular formula is C19H17ClN3O5-. The average molecular weight is 403 g/mol. The van der Waals surface area contributed by atoms with Gasteiger partial charge in [-0.1, -0.05) is 29.8 Å². The first-order chi connectivity index (χ1) is 13.3. The molecule has 2 N–H and O–H groups in total. The molecule has 0 aliphatic heterocycles. The van der Waals surface area contributed by atoms with Gasteiger partial charge in [-0.25, -0.2) is 5.43 Å². The van der Waals surface area contributed by atoms with E-state index in [1.54, 1.807) is 0 Å². The maximum atomic E-state index is 12.0. The number of ether oxygens (including phenoxy) is 1. The summed E-state index contributed by atoms with van der Waals surface area (Å²) in [6.07, 6.45) is 1.18. The maximum Gasteiger partial charge on any atom is 0.329 e. The van der Waals surface area contributed by atoms with Gasteiger partial charge in [0, 0.05) is 16.3 Å². The third-order valence-electron chi connectivity index (χ3n) is 3.61. The third kappa shape index (κ3) is 5.82. The van der Waals surface area contributed by atoms with Crippen molar-refractivity contribution in [3.05, 3.63) is 58.1 Å². The fraction of sp³-hybridized carbons (Fsp3) is 0.158. The number of halogens is 1. The molecule has 0 bridgehead atoms. The largest absolute Gasteiger partial charge is 0.546 e. The van der Waals surface area contributed by atoms with Gasteiger partial charge in [-0.15, -0.1) is 0 Å². The van der Waals surface area contributed by atoms with Crippen molar-refractivity contribution in [3.63, 3.8) is 0 Å². The molecule has 0 fully saturated rings. The van der Waals surface area contributed by atoms with Gasteiger partial charge in [0.15, 0.2) is 0 Å². The van der Waals surface area contributed by atoms with Crippen LogP contribution in [0.5, 0.6) is 5.75 Å². The molecule has 0 aliphatic rings. The number of hydrogen-bond donors (Lipinski definition) is 2. The summed E-state index contributed by atoms with van der Waals surface area (Å²) in [5.74, 6) is -3.08. The fourth-order valence-corrected chi connectivity index (χ4v) is 2.46. The fourth-order valence-electron chi connectivity index (χ4n) is 2.28. The van der Waals surface area contributed by atoms with Gasteiger partial charge in [-0.2, -0.15) is 5.10 Å². The molecule has 0 aliphatic carbocycles. The van der Waals surface area contributed by atoms with E-state index in [4.69, 9.17) is 16.3 Å². The lowest BCUT2D eigenvalue weighted by Gasteiger charge is -2.11. The Bertz CT molecular complexity index is 923. The molecule has 2 aromatic rings. The highest BCUT2D eigenvalue weighted by Gasteiger charge is 2.15. The number of para-hydroxylation sites is 1. The van der Waals surface area contributed by atoms with Gasteiger partial charge in [-0.05, 0) is 43.2 Å². The summed E-state index contributed by atoms with van der Waals surface area (Å²) >= 11 is 5.89. The van der Waals surface area contributed by atoms with Crippen LogP contribution in [0.2, 0.25) is 5.02 Å². The first kappa shape index (κ1) is 20.9. The number of nitrogens with zero attached hydrogens (tertiary/aromatic N) is 1. The summed E-state index contributed by atoms with van der Waals surface area (Å²) in [5, 5.41) is 17.1. The lowest BCUT2D eigenvalue weighted by Crippen LogP contribution is -2.32. The standard InChI is InChI=1S/C19H18ClN3O5/c1-11-4-3-5-12(2)17(11)22-18(26)19(27)23-21-9-13-8-14(20)6-7-15(13)28-10-16(24)25/h3-9H,10H2,1-2H3,(H,22,26)(H,23,27)(H,24,25)/p-1/b21-9-. The molecule has 9 heteroatoms. The SMILES string of the molecule is Cc1cccc(C)c1NC(=O)C(=O)N/N=C\c1cc(Cl)ccc1OCC(=O)[O-]. The van der Waals surface area contributed by atoms with Crippen LogP contribution < -0.4 is 20.6 Å². The van der Waals surface area contributed by atoms with E-state index < -0.39 is 24.4 Å². The highest BCUT2D eigenvalue weighted by molar-refractivity contribution is 6.39. The lowest BCUT2D eigenvalue weighted by molar-refractivity contribution is -0.307. The summed E-state index contributed by atoms with van der Waals surface area (Å²) in [4.78, 5) is 34.5. The van der Waals surface area contributed by atoms with Gasteiger partial charge < -0.3 is 20.0 Å². The van der Waals surface area contributed by atoms with Crippen LogP contribution in [0.1, 0.15) is 16.7 Å². The zero-order valence-corrected chi connectivity index (χ0v) is 15.9. The molecular weight excluding hydrogens is 386 g/mol. The molecule has 2 amide bonds. The maximum absolute atomic E-state index is 12.0. The van der Waals surface area contributed by atoms with Crippen molar-refractivity contribution in [2.75, 3.05) is 11.9 Å². The summed E-state index contributed by atoms with van der Waals surface area (Å²) in [6.45, 7) is 2.96. The number of hydrazone groups is 1. The number of hydrogen-bond acceptors (Lipinski definition) is 6. The first-order valence-corrected chi connectivity index (χ1v) is 8.48. The summed E-state index contributed by atoms with van der Waals surface area (Å²) in [5.41, 5.74) is 4.59. The molecule has 2 rings (SSSR count). The van der Waals surface area contributed by atoms with Crippen LogP contribution in [-0.4, -0.2) is 30.6 Å². The van der Waals surface area contributed by atoms with E-state index in [9.17, 15) is 19.5 Å². The number of rotatable bonds is 6. The Kier molecular flexibility index (Phi) is 7.11. The normalized spacial score (nSPS) is 10.5. The van der Waals surface area contributed by atoms with E-state index >= 15 is 0 Å². The van der Waals surface area contributed by atoms with E-state index in [1.165, 1.54) is 24.4 Å². The Morgan fingerprint density at radius 1 is 1.14 bits per heavy atom. The van der Waals surface area contributed by atoms with Crippen LogP contribution in [0.15, 0.2) is 41.5 Å². The molecule has 0 spiro atoms. The minimum absolute atomic E-state index is 0.173. The van der Waals surface area contributed by atoms with Crippen molar-refractivity contribution >= 4 is 41.3 Å². The Morgan fingerprint density at radius 2 is 1.82 bits per heavy atom. The van der Waals surface area contributed by atoms with Crippen molar-refractivity contribution in [2.45, 2.75) is 13.8 Å². The number of benzene rings is 2. The minimum Gasteiger partial charge on any atom is -0.546 e. The molecule has 0 unspecified atom stereocenters. The Morgan fingerprint density at radius 3 is 2.46 bits per heavy atom. The highest BCUT2D eigenvalue weighted by Crippen LogP contribution is 2.21. The van der Waals surface area contributed by atoms with Gasteiger partial charge >= 0.3 is 11.8 Å². The molecule has 0 aromatic heterocycles. The molecule has 8 nitrogen and oxygen atoms in total. The predicted molar refractivity (Wildman–Crippen MR) is 102 cm³/mol. The topological polar surface area (TPSA) is 120 Å². The molecule has 28 heavy (non-hydrogen) atoms. The van der Waals surface area contributed by atoms with Crippen LogP contribution in [0.3, 0.4) is 0 Å². The molecule has 0 heterocycles. The van der Waals surface area contributed by atoms with E-state index in [0.29, 0.717) is 16.3 Å². The van der Waals surface area contributed by atoms with Gasteiger partial charge in [0.25, 0.3) is 0 Å². The second kappa shape index (κ2) is 9.52. The molecule has 2 aromatic carbocycles. The molecule has 0 atom stereocenters. The van der Waals surface area contributed by atoms with Crippen LogP contribution in [0.25, 0.3) is 0 Å². The molecule has 0 saturated heterocycles. The summed E-state index contributed by atoms with van der Waals surface area (Å²) in [7, 11) is 0. The van der Waals surface area contributed by atoms with Crippen LogP contribution in [0.4, 0.5) is 5.69 Å². The molecule has 0 saturated carbocycles. The summed E-state index contributed by atoms with van der Waals surface area (Å²) < 4.78 is 5.06. The predicted octanol–water partition coefficient (Wildman–Crippen LogP) is 1.17. The van der Waals surface area contributed by atoms with E-state index in [0.717, 1.165) is 11.1 Å². The number of aliphatic carboxylic acids is 1. The molecule has 146 valence electrons. The van der Waals surface area contributed by atoms with Gasteiger partial charge in [0.2, 0.25) is 0 Å². The van der Waals surface area contributed by atoms with Crippen molar-refractivity contribution in [2.24, 2.45) is 5.10 Å². The van der Waals surface area contributed by atoms with Crippen LogP contribution in [0, 0.1) is 13.8 Å². The Labute approximate surface area is 166 Å². The number of anilines is 1. The second-order valence-corrected chi connectivity index (χ2v) is 6.20. The summed E-state index contributed by atoms with van der Waals surface area (Å²) in [6, 6.07) is 9.87. The second-order valence-electron chi connectivity index (χ2n) is 5.76. The number of nitrogens with one attached hydrogen (secondary N) is 2. The monoisotopic (exact) mass is 402 g/mol. The first-order valence-electron chi connectivity index (χ1n) is 8.10. The van der Waals surface area contributed by atoms with E-state index in [2.05, 4.69) is 15.8 Å². The average Bonchev–Trinajstić information content (AvgIpc) is 2.63. The number of carbonyl (C=O) groups excluding carboxylic acids is 3. The number of carboxylic acid groups (broad SMARTS) is 1. The van der Waals surface area contributed by atoms with Crippen LogP contribution in [-0.2, 0) is 14.4 Å². The number of carbonyl (C=O) groups is 3.